The van der Waals surface area contributed by atoms with Gasteiger partial charge >= 0.3 is 0 Å². The standard InChI is InChI=1S/C30H31N5O2/c36-29-13-7-14-34(29)15-8-16-35-27-20-24-23(19-25(27)32-28(35)18-22-11-5-2-6-12-22)33-30(37)26(31-24)17-21-9-3-1-4-10-21/h1-6,9-12,19-20,26,31H,7-8,13-18H2,(H,33,37). The first kappa shape index (κ1) is 23.3. The summed E-state index contributed by atoms with van der Waals surface area (Å²) in [6.45, 7) is 2.41. The number of carbonyl (C=O) groups is 2. The zero-order valence-corrected chi connectivity index (χ0v) is 20.8. The Kier molecular flexibility index (Phi) is 6.35. The molecule has 1 aromatic heterocycles. The lowest BCUT2D eigenvalue weighted by atomic mass is 10.0. The van der Waals surface area contributed by atoms with Gasteiger partial charge in [-0.1, -0.05) is 60.7 Å². The Hall–Kier alpha value is -4.13. The molecule has 1 unspecified atom stereocenters. The molecule has 4 aromatic rings. The quantitative estimate of drug-likeness (QED) is 0.376. The predicted octanol–water partition coefficient (Wildman–Crippen LogP) is 4.61. The summed E-state index contributed by atoms with van der Waals surface area (Å²) in [5.41, 5.74) is 5.90. The highest BCUT2D eigenvalue weighted by Gasteiger charge is 2.27. The molecule has 7 nitrogen and oxygen atoms in total. The average molecular weight is 494 g/mol. The summed E-state index contributed by atoms with van der Waals surface area (Å²) in [5.74, 6) is 1.22. The molecule has 0 radical (unpaired) electrons. The number of likely N-dealkylation sites (tertiary alicyclic amines) is 1. The number of anilines is 2. The molecule has 1 fully saturated rings. The number of aromatic nitrogens is 2. The summed E-state index contributed by atoms with van der Waals surface area (Å²) in [6, 6.07) is 24.2. The summed E-state index contributed by atoms with van der Waals surface area (Å²) >= 11 is 0. The monoisotopic (exact) mass is 493 g/mol. The fourth-order valence-electron chi connectivity index (χ4n) is 5.43. The van der Waals surface area contributed by atoms with Crippen LogP contribution in [0.2, 0.25) is 0 Å². The van der Waals surface area contributed by atoms with E-state index in [1.807, 2.05) is 59.5 Å². The second-order valence-electron chi connectivity index (χ2n) is 9.94. The first-order valence-electron chi connectivity index (χ1n) is 13.1. The molecule has 1 atom stereocenters. The molecule has 2 amide bonds. The molecular formula is C30H31N5O2. The van der Waals surface area contributed by atoms with Crippen LogP contribution in [-0.4, -0.2) is 45.4 Å². The van der Waals surface area contributed by atoms with Gasteiger partial charge in [-0.2, -0.15) is 0 Å². The summed E-state index contributed by atoms with van der Waals surface area (Å²) in [6.07, 6.45) is 3.84. The lowest BCUT2D eigenvalue weighted by Crippen LogP contribution is -2.40. The second-order valence-corrected chi connectivity index (χ2v) is 9.94. The number of nitrogens with zero attached hydrogens (tertiary/aromatic N) is 3. The van der Waals surface area contributed by atoms with Crippen molar-refractivity contribution in [2.24, 2.45) is 0 Å². The van der Waals surface area contributed by atoms with Crippen LogP contribution in [0.25, 0.3) is 11.0 Å². The van der Waals surface area contributed by atoms with Gasteiger partial charge in [0.15, 0.2) is 0 Å². The van der Waals surface area contributed by atoms with Gasteiger partial charge in [-0.05, 0) is 36.1 Å². The van der Waals surface area contributed by atoms with Crippen LogP contribution in [0, 0.1) is 0 Å². The first-order valence-corrected chi connectivity index (χ1v) is 13.1. The van der Waals surface area contributed by atoms with Gasteiger partial charge in [-0.15, -0.1) is 0 Å². The normalized spacial score (nSPS) is 17.1. The molecule has 188 valence electrons. The van der Waals surface area contributed by atoms with Crippen LogP contribution in [0.15, 0.2) is 72.8 Å². The third-order valence-corrected chi connectivity index (χ3v) is 7.34. The van der Waals surface area contributed by atoms with Crippen molar-refractivity contribution in [1.29, 1.82) is 0 Å². The van der Waals surface area contributed by atoms with Gasteiger partial charge in [-0.25, -0.2) is 4.98 Å². The van der Waals surface area contributed by atoms with Crippen molar-refractivity contribution >= 4 is 34.2 Å². The molecule has 1 saturated heterocycles. The topological polar surface area (TPSA) is 79.3 Å². The van der Waals surface area contributed by atoms with E-state index in [0.717, 1.165) is 72.7 Å². The van der Waals surface area contributed by atoms with Crippen molar-refractivity contribution in [3.05, 3.63) is 89.7 Å². The number of aryl methyl sites for hydroxylation is 1. The number of benzene rings is 3. The van der Waals surface area contributed by atoms with E-state index in [2.05, 4.69) is 33.4 Å². The Morgan fingerprint density at radius 3 is 2.38 bits per heavy atom. The first-order chi connectivity index (χ1) is 18.1. The van der Waals surface area contributed by atoms with Crippen molar-refractivity contribution in [1.82, 2.24) is 14.5 Å². The van der Waals surface area contributed by atoms with Crippen LogP contribution in [0.3, 0.4) is 0 Å². The lowest BCUT2D eigenvalue weighted by Gasteiger charge is -2.27. The third kappa shape index (κ3) is 4.94. The molecule has 37 heavy (non-hydrogen) atoms. The summed E-state index contributed by atoms with van der Waals surface area (Å²) in [5, 5.41) is 6.57. The fourth-order valence-corrected chi connectivity index (χ4v) is 5.43. The number of imidazole rings is 1. The summed E-state index contributed by atoms with van der Waals surface area (Å²) in [4.78, 5) is 31.9. The van der Waals surface area contributed by atoms with Gasteiger partial charge in [0.1, 0.15) is 11.9 Å². The number of rotatable bonds is 8. The number of amides is 2. The Morgan fingerprint density at radius 1 is 0.892 bits per heavy atom. The molecule has 0 spiro atoms. The number of hydrogen-bond donors (Lipinski definition) is 2. The molecular weight excluding hydrogens is 462 g/mol. The Bertz CT molecular complexity index is 1430. The number of fused-ring (bicyclic) bond motifs is 2. The second kappa shape index (κ2) is 10.1. The van der Waals surface area contributed by atoms with Crippen LogP contribution in [0.4, 0.5) is 11.4 Å². The zero-order chi connectivity index (χ0) is 25.2. The number of nitrogens with one attached hydrogen (secondary N) is 2. The molecule has 3 heterocycles. The highest BCUT2D eigenvalue weighted by Crippen LogP contribution is 2.33. The van der Waals surface area contributed by atoms with Crippen LogP contribution in [0.1, 0.15) is 36.2 Å². The third-order valence-electron chi connectivity index (χ3n) is 7.34. The minimum atomic E-state index is -0.339. The Morgan fingerprint density at radius 2 is 1.65 bits per heavy atom. The smallest absolute Gasteiger partial charge is 0.247 e. The van der Waals surface area contributed by atoms with Gasteiger partial charge in [0.05, 0.1) is 22.4 Å². The van der Waals surface area contributed by atoms with E-state index in [9.17, 15) is 9.59 Å². The van der Waals surface area contributed by atoms with Crippen LogP contribution >= 0.6 is 0 Å². The van der Waals surface area contributed by atoms with E-state index < -0.39 is 0 Å². The number of carbonyl (C=O) groups excluding carboxylic acids is 2. The molecule has 2 N–H and O–H groups in total. The molecule has 2 aliphatic heterocycles. The maximum absolute atomic E-state index is 12.9. The van der Waals surface area contributed by atoms with E-state index in [4.69, 9.17) is 4.98 Å². The van der Waals surface area contributed by atoms with E-state index in [0.29, 0.717) is 12.8 Å². The highest BCUT2D eigenvalue weighted by atomic mass is 16.2. The van der Waals surface area contributed by atoms with Crippen LogP contribution in [-0.2, 0) is 29.0 Å². The van der Waals surface area contributed by atoms with E-state index in [-0.39, 0.29) is 17.9 Å². The molecule has 0 bridgehead atoms. The molecule has 3 aromatic carbocycles. The minimum Gasteiger partial charge on any atom is -0.372 e. The molecule has 0 aliphatic carbocycles. The van der Waals surface area contributed by atoms with Crippen molar-refractivity contribution in [3.8, 4) is 0 Å². The molecule has 2 aliphatic rings. The predicted molar refractivity (Wildman–Crippen MR) is 146 cm³/mol. The minimum absolute atomic E-state index is 0.0325. The lowest BCUT2D eigenvalue weighted by molar-refractivity contribution is -0.127. The molecule has 6 rings (SSSR count). The van der Waals surface area contributed by atoms with E-state index in [1.54, 1.807) is 0 Å². The highest BCUT2D eigenvalue weighted by molar-refractivity contribution is 6.05. The molecule has 7 heteroatoms. The van der Waals surface area contributed by atoms with Gasteiger partial charge < -0.3 is 20.1 Å². The zero-order valence-electron chi connectivity index (χ0n) is 20.8. The summed E-state index contributed by atoms with van der Waals surface area (Å²) in [7, 11) is 0. The average Bonchev–Trinajstić information content (AvgIpc) is 3.47. The van der Waals surface area contributed by atoms with Gasteiger partial charge in [0, 0.05) is 38.9 Å². The largest absolute Gasteiger partial charge is 0.372 e. The van der Waals surface area contributed by atoms with Crippen molar-refractivity contribution in [2.75, 3.05) is 23.7 Å². The maximum atomic E-state index is 12.9. The fraction of sp³-hybridized carbons (Fsp3) is 0.300. The number of hydrogen-bond acceptors (Lipinski definition) is 4. The van der Waals surface area contributed by atoms with Crippen LogP contribution < -0.4 is 10.6 Å². The van der Waals surface area contributed by atoms with Gasteiger partial charge in [0.25, 0.3) is 0 Å². The van der Waals surface area contributed by atoms with Gasteiger partial charge in [0.2, 0.25) is 11.8 Å². The van der Waals surface area contributed by atoms with E-state index in [1.165, 1.54) is 5.56 Å². The Labute approximate surface area is 216 Å². The van der Waals surface area contributed by atoms with Crippen LogP contribution in [0.5, 0.6) is 0 Å². The maximum Gasteiger partial charge on any atom is 0.247 e. The van der Waals surface area contributed by atoms with Gasteiger partial charge in [-0.3, -0.25) is 9.59 Å². The van der Waals surface area contributed by atoms with Crippen molar-refractivity contribution < 1.29 is 9.59 Å². The van der Waals surface area contributed by atoms with E-state index >= 15 is 0 Å². The van der Waals surface area contributed by atoms with Crippen molar-refractivity contribution in [2.45, 2.75) is 44.7 Å². The van der Waals surface area contributed by atoms with Crippen molar-refractivity contribution in [3.63, 3.8) is 0 Å². The molecule has 0 saturated carbocycles. The Balaban J connectivity index is 1.30. The SMILES string of the molecule is O=C1Nc2cc3nc(Cc4ccccc4)n(CCCN4CCCC4=O)c3cc2NC1Cc1ccccc1. The summed E-state index contributed by atoms with van der Waals surface area (Å²) < 4.78 is 2.29.